The summed E-state index contributed by atoms with van der Waals surface area (Å²) in [7, 11) is 4.28. The smallest absolute Gasteiger partial charge is 0.0406 e. The Kier molecular flexibility index (Phi) is 4.08. The van der Waals surface area contributed by atoms with E-state index in [1.165, 1.54) is 24.9 Å². The predicted octanol–water partition coefficient (Wildman–Crippen LogP) is 2.57. The topological polar surface area (TPSA) is 15.3 Å². The van der Waals surface area contributed by atoms with Crippen molar-refractivity contribution in [1.29, 1.82) is 0 Å². The zero-order chi connectivity index (χ0) is 12.3. The summed E-state index contributed by atoms with van der Waals surface area (Å²) in [6, 6.07) is 8.21. The molecule has 0 radical (unpaired) electrons. The summed E-state index contributed by atoms with van der Waals surface area (Å²) >= 11 is 5.89. The van der Waals surface area contributed by atoms with E-state index in [1.807, 2.05) is 12.1 Å². The van der Waals surface area contributed by atoms with Gasteiger partial charge in [0.2, 0.25) is 0 Å². The van der Waals surface area contributed by atoms with Crippen LogP contribution in [0.1, 0.15) is 18.4 Å². The summed E-state index contributed by atoms with van der Waals surface area (Å²) in [6.07, 6.45) is 3.55. The van der Waals surface area contributed by atoms with Gasteiger partial charge in [-0.05, 0) is 57.6 Å². The highest BCUT2D eigenvalue weighted by Gasteiger charge is 2.34. The zero-order valence-electron chi connectivity index (χ0n) is 10.7. The van der Waals surface area contributed by atoms with Crippen LogP contribution >= 0.6 is 11.6 Å². The maximum atomic E-state index is 5.89. The normalized spacial score (nSPS) is 25.4. The Hall–Kier alpha value is -0.570. The number of nitrogens with one attached hydrogen (secondary N) is 1. The molecule has 0 bridgehead atoms. The monoisotopic (exact) mass is 252 g/mol. The van der Waals surface area contributed by atoms with E-state index in [1.54, 1.807) is 0 Å². The average Bonchev–Trinajstić information content (AvgIpc) is 2.71. The average molecular weight is 253 g/mol. The molecule has 2 rings (SSSR count). The number of likely N-dealkylation sites (N-methyl/N-ethyl adjacent to an activating group) is 2. The van der Waals surface area contributed by atoms with E-state index in [9.17, 15) is 0 Å². The maximum absolute atomic E-state index is 5.89. The summed E-state index contributed by atoms with van der Waals surface area (Å²) < 4.78 is 0. The molecule has 1 heterocycles. The number of hydrogen-bond acceptors (Lipinski definition) is 2. The molecule has 1 aliphatic heterocycles. The highest BCUT2D eigenvalue weighted by Crippen LogP contribution is 2.25. The minimum atomic E-state index is 0.300. The fraction of sp³-hybridized carbons (Fsp3) is 0.571. The number of halogens is 1. The molecule has 1 atom stereocenters. The summed E-state index contributed by atoms with van der Waals surface area (Å²) in [6.45, 7) is 2.35. The van der Waals surface area contributed by atoms with Crippen LogP contribution in [0.25, 0.3) is 0 Å². The van der Waals surface area contributed by atoms with Crippen molar-refractivity contribution in [3.63, 3.8) is 0 Å². The molecule has 0 aromatic heterocycles. The number of likely N-dealkylation sites (tertiary alicyclic amines) is 1. The molecule has 1 aromatic carbocycles. The lowest BCUT2D eigenvalue weighted by molar-refractivity contribution is 0.311. The van der Waals surface area contributed by atoms with E-state index in [0.29, 0.717) is 5.54 Å². The van der Waals surface area contributed by atoms with E-state index in [4.69, 9.17) is 11.6 Å². The summed E-state index contributed by atoms with van der Waals surface area (Å²) in [5.41, 5.74) is 1.67. The van der Waals surface area contributed by atoms with E-state index in [0.717, 1.165) is 18.0 Å². The van der Waals surface area contributed by atoms with Gasteiger partial charge in [0.1, 0.15) is 0 Å². The first kappa shape index (κ1) is 12.9. The van der Waals surface area contributed by atoms with Gasteiger partial charge in [-0.1, -0.05) is 23.7 Å². The van der Waals surface area contributed by atoms with Crippen molar-refractivity contribution in [1.82, 2.24) is 10.2 Å². The second-order valence-corrected chi connectivity index (χ2v) is 5.58. The maximum Gasteiger partial charge on any atom is 0.0406 e. The highest BCUT2D eigenvalue weighted by molar-refractivity contribution is 6.30. The fourth-order valence-corrected chi connectivity index (χ4v) is 2.77. The first-order valence-electron chi connectivity index (χ1n) is 6.25. The third kappa shape index (κ3) is 3.21. The molecular weight excluding hydrogens is 232 g/mol. The van der Waals surface area contributed by atoms with Gasteiger partial charge in [0, 0.05) is 17.1 Å². The Morgan fingerprint density at radius 3 is 2.59 bits per heavy atom. The van der Waals surface area contributed by atoms with Crippen molar-refractivity contribution >= 4 is 11.6 Å². The molecule has 1 aliphatic rings. The van der Waals surface area contributed by atoms with Gasteiger partial charge in [0.05, 0.1) is 0 Å². The van der Waals surface area contributed by atoms with Crippen LogP contribution in [0.3, 0.4) is 0 Å². The summed E-state index contributed by atoms with van der Waals surface area (Å²) in [5, 5.41) is 4.34. The van der Waals surface area contributed by atoms with Crippen LogP contribution in [0, 0.1) is 0 Å². The van der Waals surface area contributed by atoms with Crippen molar-refractivity contribution in [2.24, 2.45) is 0 Å². The molecule has 1 fully saturated rings. The molecule has 2 nitrogen and oxygen atoms in total. The quantitative estimate of drug-likeness (QED) is 0.886. The van der Waals surface area contributed by atoms with E-state index in [-0.39, 0.29) is 0 Å². The molecule has 0 aliphatic carbocycles. The second kappa shape index (κ2) is 5.38. The molecule has 0 amide bonds. The van der Waals surface area contributed by atoms with Gasteiger partial charge in [0.25, 0.3) is 0 Å². The molecule has 0 spiro atoms. The van der Waals surface area contributed by atoms with Gasteiger partial charge >= 0.3 is 0 Å². The third-order valence-corrected chi connectivity index (χ3v) is 4.13. The lowest BCUT2D eigenvalue weighted by Gasteiger charge is -2.28. The number of benzene rings is 1. The fourth-order valence-electron chi connectivity index (χ4n) is 2.65. The molecule has 1 unspecified atom stereocenters. The van der Waals surface area contributed by atoms with Gasteiger partial charge in [-0.15, -0.1) is 0 Å². The van der Waals surface area contributed by atoms with Gasteiger partial charge in [0.15, 0.2) is 0 Å². The molecule has 3 heteroatoms. The molecule has 0 saturated carbocycles. The number of rotatable bonds is 4. The molecular formula is C14H21ClN2. The number of hydrogen-bond donors (Lipinski definition) is 1. The highest BCUT2D eigenvalue weighted by atomic mass is 35.5. The van der Waals surface area contributed by atoms with Crippen LogP contribution < -0.4 is 5.32 Å². The van der Waals surface area contributed by atoms with Crippen LogP contribution in [0.5, 0.6) is 0 Å². The predicted molar refractivity (Wildman–Crippen MR) is 73.7 cm³/mol. The first-order valence-corrected chi connectivity index (χ1v) is 6.63. The lowest BCUT2D eigenvalue weighted by atomic mass is 9.90. The third-order valence-electron chi connectivity index (χ3n) is 3.88. The van der Waals surface area contributed by atoms with Crippen molar-refractivity contribution in [3.05, 3.63) is 34.9 Å². The van der Waals surface area contributed by atoms with Gasteiger partial charge in [-0.2, -0.15) is 0 Å². The zero-order valence-corrected chi connectivity index (χ0v) is 11.4. The van der Waals surface area contributed by atoms with Crippen LogP contribution in [0.15, 0.2) is 24.3 Å². The van der Waals surface area contributed by atoms with Crippen molar-refractivity contribution in [2.75, 3.05) is 27.2 Å². The van der Waals surface area contributed by atoms with Crippen molar-refractivity contribution < 1.29 is 0 Å². The van der Waals surface area contributed by atoms with E-state index in [2.05, 4.69) is 36.4 Å². The van der Waals surface area contributed by atoms with E-state index < -0.39 is 0 Å². The molecule has 94 valence electrons. The van der Waals surface area contributed by atoms with Crippen LogP contribution in [-0.2, 0) is 6.42 Å². The lowest BCUT2D eigenvalue weighted by Crippen LogP contribution is -2.45. The molecule has 1 aromatic rings. The number of nitrogens with zero attached hydrogens (tertiary/aromatic N) is 1. The minimum absolute atomic E-state index is 0.300. The minimum Gasteiger partial charge on any atom is -0.313 e. The van der Waals surface area contributed by atoms with Crippen molar-refractivity contribution in [3.8, 4) is 0 Å². The molecule has 1 N–H and O–H groups in total. The van der Waals surface area contributed by atoms with Gasteiger partial charge in [-0.3, -0.25) is 0 Å². The summed E-state index contributed by atoms with van der Waals surface area (Å²) in [4.78, 5) is 2.40. The van der Waals surface area contributed by atoms with Crippen LogP contribution in [0.4, 0.5) is 0 Å². The van der Waals surface area contributed by atoms with Crippen molar-refractivity contribution in [2.45, 2.75) is 24.8 Å². The Bertz CT molecular complexity index is 363. The van der Waals surface area contributed by atoms with E-state index >= 15 is 0 Å². The Labute approximate surface area is 109 Å². The Morgan fingerprint density at radius 1 is 1.35 bits per heavy atom. The molecule has 1 saturated heterocycles. The van der Waals surface area contributed by atoms with Crippen LogP contribution in [0.2, 0.25) is 5.02 Å². The number of aryl methyl sites for hydroxylation is 1. The second-order valence-electron chi connectivity index (χ2n) is 5.14. The largest absolute Gasteiger partial charge is 0.313 e. The van der Waals surface area contributed by atoms with Crippen LogP contribution in [-0.4, -0.2) is 37.6 Å². The van der Waals surface area contributed by atoms with Gasteiger partial charge in [-0.25, -0.2) is 0 Å². The Morgan fingerprint density at radius 2 is 2.06 bits per heavy atom. The molecule has 17 heavy (non-hydrogen) atoms. The summed E-state index contributed by atoms with van der Waals surface area (Å²) in [5.74, 6) is 0. The first-order chi connectivity index (χ1) is 8.13. The standard InChI is InChI=1S/C14H21ClN2/c1-16-14(9-10-17(2)11-14)8-7-12-3-5-13(15)6-4-12/h3-6,16H,7-11H2,1-2H3. The van der Waals surface area contributed by atoms with Gasteiger partial charge < -0.3 is 10.2 Å². The SMILES string of the molecule is CNC1(CCc2ccc(Cl)cc2)CCN(C)C1. The Balaban J connectivity index is 1.94.